The Bertz CT molecular complexity index is 317. The summed E-state index contributed by atoms with van der Waals surface area (Å²) < 4.78 is 4.37. The fourth-order valence-electron chi connectivity index (χ4n) is 1.68. The second-order valence-electron chi connectivity index (χ2n) is 4.73. The second kappa shape index (κ2) is 9.18. The smallest absolute Gasteiger partial charge is 0.325 e. The Kier molecular flexibility index (Phi) is 8.32. The van der Waals surface area contributed by atoms with Crippen molar-refractivity contribution in [3.05, 3.63) is 0 Å². The summed E-state index contributed by atoms with van der Waals surface area (Å²) in [7, 11) is 1.23. The number of hydrogen-bond donors (Lipinski definition) is 3. The first kappa shape index (κ1) is 17.2. The average Bonchev–Trinajstić information content (AvgIpc) is 2.31. The largest absolute Gasteiger partial charge is 0.481 e. The Balaban J connectivity index is 4.04. The number of carbonyl (C=O) groups is 3. The normalized spacial score (nSPS) is 11.8. The van der Waals surface area contributed by atoms with Crippen LogP contribution < -0.4 is 10.6 Å². The topological polar surface area (TPSA) is 105 Å². The van der Waals surface area contributed by atoms with Crippen molar-refractivity contribution in [2.75, 3.05) is 20.2 Å². The molecule has 0 radical (unpaired) electrons. The molecule has 7 heteroatoms. The van der Waals surface area contributed by atoms with Gasteiger partial charge in [-0.2, -0.15) is 0 Å². The van der Waals surface area contributed by atoms with Crippen molar-refractivity contribution in [1.82, 2.24) is 10.6 Å². The van der Waals surface area contributed by atoms with Gasteiger partial charge >= 0.3 is 18.0 Å². The van der Waals surface area contributed by atoms with E-state index in [1.165, 1.54) is 7.11 Å². The summed E-state index contributed by atoms with van der Waals surface area (Å²) in [6.45, 7) is 4.03. The average molecular weight is 274 g/mol. The molecule has 0 aromatic carbocycles. The maximum atomic E-state index is 11.4. The fourth-order valence-corrected chi connectivity index (χ4v) is 1.68. The Morgan fingerprint density at radius 2 is 1.84 bits per heavy atom. The number of hydrogen-bond acceptors (Lipinski definition) is 4. The van der Waals surface area contributed by atoms with E-state index in [0.29, 0.717) is 12.3 Å². The van der Waals surface area contributed by atoms with Gasteiger partial charge in [0.15, 0.2) is 0 Å². The summed E-state index contributed by atoms with van der Waals surface area (Å²) >= 11 is 0. The number of rotatable bonds is 8. The molecule has 0 aliphatic rings. The lowest BCUT2D eigenvalue weighted by Gasteiger charge is -2.17. The van der Waals surface area contributed by atoms with Gasteiger partial charge in [-0.15, -0.1) is 0 Å². The van der Waals surface area contributed by atoms with Crippen LogP contribution in [0.15, 0.2) is 0 Å². The summed E-state index contributed by atoms with van der Waals surface area (Å²) in [5.74, 6) is -1.20. The summed E-state index contributed by atoms with van der Waals surface area (Å²) in [5, 5.41) is 13.7. The fraction of sp³-hybridized carbons (Fsp3) is 0.750. The molecule has 0 aromatic heterocycles. The minimum Gasteiger partial charge on any atom is -0.481 e. The highest BCUT2D eigenvalue weighted by molar-refractivity contribution is 5.80. The quantitative estimate of drug-likeness (QED) is 0.562. The van der Waals surface area contributed by atoms with Crippen LogP contribution in [0.5, 0.6) is 0 Å². The van der Waals surface area contributed by atoms with Crippen molar-refractivity contribution in [1.29, 1.82) is 0 Å². The Morgan fingerprint density at radius 1 is 1.21 bits per heavy atom. The Hall–Kier alpha value is -1.79. The van der Waals surface area contributed by atoms with Gasteiger partial charge in [-0.05, 0) is 18.3 Å². The van der Waals surface area contributed by atoms with Crippen LogP contribution in [0, 0.1) is 11.8 Å². The first-order chi connectivity index (χ1) is 8.85. The summed E-state index contributed by atoms with van der Waals surface area (Å²) in [4.78, 5) is 32.9. The standard InChI is InChI=1S/C12H22N2O5/c1-8(2)4-9(5-10(15)16)6-13-12(18)14-7-11(17)19-3/h8-9H,4-7H2,1-3H3,(H,15,16)(H2,13,14,18)/t9-/m0/s1. The van der Waals surface area contributed by atoms with E-state index >= 15 is 0 Å². The van der Waals surface area contributed by atoms with Gasteiger partial charge in [-0.25, -0.2) is 4.79 Å². The molecule has 0 bridgehead atoms. The van der Waals surface area contributed by atoms with Crippen LogP contribution in [0.25, 0.3) is 0 Å². The van der Waals surface area contributed by atoms with Crippen molar-refractivity contribution in [2.45, 2.75) is 26.7 Å². The molecular formula is C12H22N2O5. The lowest BCUT2D eigenvalue weighted by atomic mass is 9.94. The van der Waals surface area contributed by atoms with Crippen molar-refractivity contribution in [3.8, 4) is 0 Å². The van der Waals surface area contributed by atoms with Crippen LogP contribution in [0.2, 0.25) is 0 Å². The lowest BCUT2D eigenvalue weighted by molar-refractivity contribution is -0.139. The molecule has 0 aliphatic heterocycles. The highest BCUT2D eigenvalue weighted by Crippen LogP contribution is 2.14. The predicted molar refractivity (Wildman–Crippen MR) is 68.6 cm³/mol. The molecule has 1 atom stereocenters. The van der Waals surface area contributed by atoms with Crippen LogP contribution in [0.1, 0.15) is 26.7 Å². The highest BCUT2D eigenvalue weighted by Gasteiger charge is 2.16. The minimum atomic E-state index is -0.887. The molecule has 7 nitrogen and oxygen atoms in total. The van der Waals surface area contributed by atoms with E-state index in [1.54, 1.807) is 0 Å². The zero-order valence-electron chi connectivity index (χ0n) is 11.6. The molecule has 0 rings (SSSR count). The minimum absolute atomic E-state index is 0.00939. The third-order valence-electron chi connectivity index (χ3n) is 2.44. The van der Waals surface area contributed by atoms with E-state index in [0.717, 1.165) is 0 Å². The Morgan fingerprint density at radius 3 is 2.32 bits per heavy atom. The maximum absolute atomic E-state index is 11.4. The second-order valence-corrected chi connectivity index (χ2v) is 4.73. The van der Waals surface area contributed by atoms with Gasteiger partial charge in [0.25, 0.3) is 0 Å². The van der Waals surface area contributed by atoms with Gasteiger partial charge in [0.1, 0.15) is 6.54 Å². The van der Waals surface area contributed by atoms with Crippen molar-refractivity contribution < 1.29 is 24.2 Å². The van der Waals surface area contributed by atoms with E-state index in [-0.39, 0.29) is 25.4 Å². The van der Waals surface area contributed by atoms with E-state index in [9.17, 15) is 14.4 Å². The van der Waals surface area contributed by atoms with Gasteiger partial charge in [0, 0.05) is 13.0 Å². The Labute approximate surface area is 112 Å². The zero-order valence-corrected chi connectivity index (χ0v) is 11.6. The van der Waals surface area contributed by atoms with Gasteiger partial charge in [-0.1, -0.05) is 13.8 Å². The summed E-state index contributed by atoms with van der Waals surface area (Å²) in [5.41, 5.74) is 0. The monoisotopic (exact) mass is 274 g/mol. The van der Waals surface area contributed by atoms with Gasteiger partial charge in [0.05, 0.1) is 7.11 Å². The van der Waals surface area contributed by atoms with Crippen LogP contribution >= 0.6 is 0 Å². The molecule has 110 valence electrons. The highest BCUT2D eigenvalue weighted by atomic mass is 16.5. The summed E-state index contributed by atoms with van der Waals surface area (Å²) in [6.07, 6.45) is 0.721. The van der Waals surface area contributed by atoms with E-state index in [2.05, 4.69) is 15.4 Å². The van der Waals surface area contributed by atoms with Crippen LogP contribution in [0.4, 0.5) is 4.79 Å². The van der Waals surface area contributed by atoms with Gasteiger partial charge in [0.2, 0.25) is 0 Å². The van der Waals surface area contributed by atoms with E-state index in [4.69, 9.17) is 5.11 Å². The van der Waals surface area contributed by atoms with Crippen molar-refractivity contribution >= 4 is 18.0 Å². The van der Waals surface area contributed by atoms with Crippen molar-refractivity contribution in [3.63, 3.8) is 0 Å². The van der Waals surface area contributed by atoms with Gasteiger partial charge in [-0.3, -0.25) is 9.59 Å². The summed E-state index contributed by atoms with van der Waals surface area (Å²) in [6, 6.07) is -0.510. The third-order valence-corrected chi connectivity index (χ3v) is 2.44. The molecular weight excluding hydrogens is 252 g/mol. The van der Waals surface area contributed by atoms with Crippen molar-refractivity contribution in [2.24, 2.45) is 11.8 Å². The molecule has 0 heterocycles. The molecule has 19 heavy (non-hydrogen) atoms. The molecule has 0 spiro atoms. The first-order valence-electron chi connectivity index (χ1n) is 6.15. The molecule has 2 amide bonds. The van der Waals surface area contributed by atoms with E-state index in [1.807, 2.05) is 13.8 Å². The number of urea groups is 1. The van der Waals surface area contributed by atoms with E-state index < -0.39 is 18.0 Å². The van der Waals surface area contributed by atoms with Crippen LogP contribution in [0.3, 0.4) is 0 Å². The molecule has 0 unspecified atom stereocenters. The molecule has 0 fully saturated rings. The molecule has 0 aliphatic carbocycles. The molecule has 0 saturated carbocycles. The molecule has 0 aromatic rings. The number of methoxy groups -OCH3 is 1. The number of nitrogens with one attached hydrogen (secondary N) is 2. The van der Waals surface area contributed by atoms with Crippen LogP contribution in [-0.4, -0.2) is 43.3 Å². The SMILES string of the molecule is COC(=O)CNC(=O)NC[C@H](CC(=O)O)CC(C)C. The van der Waals surface area contributed by atoms with Gasteiger partial charge < -0.3 is 20.5 Å². The van der Waals surface area contributed by atoms with Crippen LogP contribution in [-0.2, 0) is 14.3 Å². The lowest BCUT2D eigenvalue weighted by Crippen LogP contribution is -2.41. The number of ether oxygens (including phenoxy) is 1. The number of esters is 1. The first-order valence-corrected chi connectivity index (χ1v) is 6.15. The molecule has 0 saturated heterocycles. The number of carbonyl (C=O) groups excluding carboxylic acids is 2. The number of aliphatic carboxylic acids is 1. The maximum Gasteiger partial charge on any atom is 0.325 e. The number of carboxylic acids is 1. The predicted octanol–water partition coefficient (Wildman–Crippen LogP) is 0.596. The number of amides is 2. The third kappa shape index (κ3) is 9.87. The molecule has 3 N–H and O–H groups in total. The number of carboxylic acid groups (broad SMARTS) is 1. The zero-order chi connectivity index (χ0) is 14.8.